The van der Waals surface area contributed by atoms with E-state index >= 15 is 0 Å². The van der Waals surface area contributed by atoms with E-state index in [9.17, 15) is 10.2 Å². The number of aliphatic hydroxyl groups is 2. The van der Waals surface area contributed by atoms with Crippen molar-refractivity contribution in [2.45, 2.75) is 51.3 Å². The quantitative estimate of drug-likeness (QED) is 0.842. The summed E-state index contributed by atoms with van der Waals surface area (Å²) in [5.74, 6) is 0.821. The third-order valence-electron chi connectivity index (χ3n) is 4.35. The van der Waals surface area contributed by atoms with Crippen LogP contribution in [0, 0.1) is 6.92 Å². The molecule has 0 spiro atoms. The molecule has 1 heterocycles. The molecular weight excluding hydrogens is 266 g/mol. The molecular formula is C17H27NO3. The molecule has 1 aromatic rings. The molecule has 0 radical (unpaired) electrons. The number of nitrogens with zero attached hydrogens (tertiary/aromatic N) is 1. The maximum absolute atomic E-state index is 10.2. The van der Waals surface area contributed by atoms with E-state index in [2.05, 4.69) is 11.8 Å². The summed E-state index contributed by atoms with van der Waals surface area (Å²) in [5.41, 5.74) is 1.07. The first kappa shape index (κ1) is 16.3. The Kier molecular flexibility index (Phi) is 6.03. The molecule has 4 nitrogen and oxygen atoms in total. The van der Waals surface area contributed by atoms with Gasteiger partial charge < -0.3 is 14.9 Å². The Balaban J connectivity index is 1.85. The molecule has 0 aliphatic carbocycles. The van der Waals surface area contributed by atoms with Crippen LogP contribution in [-0.4, -0.2) is 53.1 Å². The van der Waals surface area contributed by atoms with Gasteiger partial charge in [-0.3, -0.25) is 4.90 Å². The third-order valence-corrected chi connectivity index (χ3v) is 4.35. The van der Waals surface area contributed by atoms with Crippen LogP contribution in [0.1, 0.15) is 31.7 Å². The number of rotatable bonds is 6. The van der Waals surface area contributed by atoms with Crippen molar-refractivity contribution in [3.05, 3.63) is 29.8 Å². The first-order valence-electron chi connectivity index (χ1n) is 7.85. The Morgan fingerprint density at radius 1 is 1.33 bits per heavy atom. The SMILES string of the molecule is Cc1ccccc1OCC(O)CN1C(C)CCCC1CO. The summed E-state index contributed by atoms with van der Waals surface area (Å²) in [5, 5.41) is 19.7. The molecule has 21 heavy (non-hydrogen) atoms. The van der Waals surface area contributed by atoms with Crippen LogP contribution in [0.5, 0.6) is 5.75 Å². The van der Waals surface area contributed by atoms with Crippen LogP contribution in [0.2, 0.25) is 0 Å². The molecule has 1 aromatic carbocycles. The summed E-state index contributed by atoms with van der Waals surface area (Å²) in [7, 11) is 0. The van der Waals surface area contributed by atoms with E-state index in [0.717, 1.165) is 30.6 Å². The highest BCUT2D eigenvalue weighted by Crippen LogP contribution is 2.23. The van der Waals surface area contributed by atoms with Crippen LogP contribution in [0.15, 0.2) is 24.3 Å². The van der Waals surface area contributed by atoms with E-state index in [1.807, 2.05) is 31.2 Å². The molecule has 4 heteroatoms. The van der Waals surface area contributed by atoms with E-state index in [1.165, 1.54) is 0 Å². The monoisotopic (exact) mass is 293 g/mol. The number of aryl methyl sites for hydroxylation is 1. The molecule has 0 amide bonds. The predicted molar refractivity (Wildman–Crippen MR) is 83.6 cm³/mol. The Hall–Kier alpha value is -1.10. The van der Waals surface area contributed by atoms with Gasteiger partial charge in [0.05, 0.1) is 6.61 Å². The van der Waals surface area contributed by atoms with Crippen molar-refractivity contribution in [1.82, 2.24) is 4.90 Å². The van der Waals surface area contributed by atoms with Crippen molar-refractivity contribution in [3.63, 3.8) is 0 Å². The highest BCUT2D eigenvalue weighted by atomic mass is 16.5. The van der Waals surface area contributed by atoms with Gasteiger partial charge in [-0.1, -0.05) is 24.6 Å². The Labute approximate surface area is 127 Å². The minimum absolute atomic E-state index is 0.162. The zero-order valence-electron chi connectivity index (χ0n) is 13.0. The maximum atomic E-state index is 10.2. The normalized spacial score (nSPS) is 24.8. The lowest BCUT2D eigenvalue weighted by Gasteiger charge is -2.40. The number of aliphatic hydroxyl groups excluding tert-OH is 2. The second-order valence-electron chi connectivity index (χ2n) is 6.04. The van der Waals surface area contributed by atoms with Gasteiger partial charge in [0.25, 0.3) is 0 Å². The molecule has 0 bridgehead atoms. The highest BCUT2D eigenvalue weighted by molar-refractivity contribution is 5.31. The zero-order chi connectivity index (χ0) is 15.2. The standard InChI is InChI=1S/C17H27NO3/c1-13-6-3-4-9-17(13)21-12-16(20)10-18-14(2)7-5-8-15(18)11-19/h3-4,6,9,14-16,19-20H,5,7-8,10-12H2,1-2H3. The van der Waals surface area contributed by atoms with E-state index < -0.39 is 6.10 Å². The summed E-state index contributed by atoms with van der Waals surface area (Å²) in [6.45, 7) is 5.16. The third kappa shape index (κ3) is 4.43. The van der Waals surface area contributed by atoms with Gasteiger partial charge in [0.15, 0.2) is 0 Å². The van der Waals surface area contributed by atoms with Crippen LogP contribution >= 0.6 is 0 Å². The van der Waals surface area contributed by atoms with Crippen LogP contribution < -0.4 is 4.74 Å². The minimum Gasteiger partial charge on any atom is -0.491 e. The molecule has 1 aliphatic rings. The molecule has 0 aromatic heterocycles. The number of hydrogen-bond acceptors (Lipinski definition) is 4. The molecule has 2 rings (SSSR count). The van der Waals surface area contributed by atoms with Gasteiger partial charge in [-0.25, -0.2) is 0 Å². The van der Waals surface area contributed by atoms with E-state index in [-0.39, 0.29) is 19.3 Å². The van der Waals surface area contributed by atoms with Crippen molar-refractivity contribution >= 4 is 0 Å². The van der Waals surface area contributed by atoms with Crippen molar-refractivity contribution in [3.8, 4) is 5.75 Å². The molecule has 3 unspecified atom stereocenters. The Morgan fingerprint density at radius 2 is 2.10 bits per heavy atom. The van der Waals surface area contributed by atoms with Crippen LogP contribution in [0.25, 0.3) is 0 Å². The second kappa shape index (κ2) is 7.78. The van der Waals surface area contributed by atoms with Crippen molar-refractivity contribution < 1.29 is 14.9 Å². The lowest BCUT2D eigenvalue weighted by molar-refractivity contribution is -0.00121. The van der Waals surface area contributed by atoms with Gasteiger partial charge in [0, 0.05) is 18.6 Å². The average Bonchev–Trinajstić information content (AvgIpc) is 2.48. The zero-order valence-corrected chi connectivity index (χ0v) is 13.0. The maximum Gasteiger partial charge on any atom is 0.122 e. The van der Waals surface area contributed by atoms with Crippen LogP contribution in [0.4, 0.5) is 0 Å². The fourth-order valence-electron chi connectivity index (χ4n) is 3.07. The van der Waals surface area contributed by atoms with E-state index in [4.69, 9.17) is 4.74 Å². The van der Waals surface area contributed by atoms with E-state index in [0.29, 0.717) is 12.6 Å². The number of hydrogen-bond donors (Lipinski definition) is 2. The fourth-order valence-corrected chi connectivity index (χ4v) is 3.07. The number of benzene rings is 1. The van der Waals surface area contributed by atoms with Gasteiger partial charge >= 0.3 is 0 Å². The average molecular weight is 293 g/mol. The smallest absolute Gasteiger partial charge is 0.122 e. The van der Waals surface area contributed by atoms with Gasteiger partial charge in [-0.05, 0) is 38.3 Å². The van der Waals surface area contributed by atoms with Crippen molar-refractivity contribution in [2.75, 3.05) is 19.8 Å². The second-order valence-corrected chi connectivity index (χ2v) is 6.04. The summed E-state index contributed by atoms with van der Waals surface area (Å²) >= 11 is 0. The van der Waals surface area contributed by atoms with Crippen molar-refractivity contribution in [1.29, 1.82) is 0 Å². The molecule has 1 saturated heterocycles. The lowest BCUT2D eigenvalue weighted by atomic mass is 9.96. The number of piperidine rings is 1. The van der Waals surface area contributed by atoms with Gasteiger partial charge in [-0.15, -0.1) is 0 Å². The summed E-state index contributed by atoms with van der Waals surface area (Å²) in [4.78, 5) is 2.22. The first-order chi connectivity index (χ1) is 10.1. The summed E-state index contributed by atoms with van der Waals surface area (Å²) in [6.07, 6.45) is 2.74. The van der Waals surface area contributed by atoms with Gasteiger partial charge in [-0.2, -0.15) is 0 Å². The minimum atomic E-state index is -0.542. The fraction of sp³-hybridized carbons (Fsp3) is 0.647. The van der Waals surface area contributed by atoms with Gasteiger partial charge in [0.2, 0.25) is 0 Å². The Morgan fingerprint density at radius 3 is 2.81 bits per heavy atom. The van der Waals surface area contributed by atoms with E-state index in [1.54, 1.807) is 0 Å². The summed E-state index contributed by atoms with van der Waals surface area (Å²) < 4.78 is 5.71. The molecule has 118 valence electrons. The van der Waals surface area contributed by atoms with Crippen molar-refractivity contribution in [2.24, 2.45) is 0 Å². The number of para-hydroxylation sites is 1. The van der Waals surface area contributed by atoms with Gasteiger partial charge in [0.1, 0.15) is 18.5 Å². The summed E-state index contributed by atoms with van der Waals surface area (Å²) in [6, 6.07) is 8.40. The van der Waals surface area contributed by atoms with Crippen LogP contribution in [-0.2, 0) is 0 Å². The number of ether oxygens (including phenoxy) is 1. The number of likely N-dealkylation sites (tertiary alicyclic amines) is 1. The lowest BCUT2D eigenvalue weighted by Crippen LogP contribution is -2.51. The van der Waals surface area contributed by atoms with Crippen LogP contribution in [0.3, 0.4) is 0 Å². The largest absolute Gasteiger partial charge is 0.491 e. The molecule has 1 fully saturated rings. The Bertz CT molecular complexity index is 438. The predicted octanol–water partition coefficient (Wildman–Crippen LogP) is 1.97. The number of β-amino-alcohol motifs (C(OH)–C–C–N with tert-alkyl or cyclic N) is 1. The molecule has 0 saturated carbocycles. The highest BCUT2D eigenvalue weighted by Gasteiger charge is 2.28. The first-order valence-corrected chi connectivity index (χ1v) is 7.85. The topological polar surface area (TPSA) is 52.9 Å². The molecule has 3 atom stereocenters. The molecule has 1 aliphatic heterocycles. The molecule has 2 N–H and O–H groups in total.